The van der Waals surface area contributed by atoms with Gasteiger partial charge in [-0.1, -0.05) is 20.8 Å². The first-order chi connectivity index (χ1) is 10.9. The highest BCUT2D eigenvalue weighted by atomic mass is 16.3. The summed E-state index contributed by atoms with van der Waals surface area (Å²) in [5, 5.41) is 10.2. The Kier molecular flexibility index (Phi) is 5.47. The van der Waals surface area contributed by atoms with Crippen LogP contribution in [0.2, 0.25) is 0 Å². The second-order valence-electron chi connectivity index (χ2n) is 6.80. The van der Waals surface area contributed by atoms with Gasteiger partial charge in [0, 0.05) is 25.4 Å². The molecule has 2 heterocycles. The Morgan fingerprint density at radius 3 is 2.83 bits per heavy atom. The smallest absolute Gasteiger partial charge is 0.317 e. The predicted molar refractivity (Wildman–Crippen MR) is 89.2 cm³/mol. The summed E-state index contributed by atoms with van der Waals surface area (Å²) < 4.78 is 5.26. The van der Waals surface area contributed by atoms with Gasteiger partial charge in [0.2, 0.25) is 0 Å². The zero-order valence-corrected chi connectivity index (χ0v) is 14.3. The van der Waals surface area contributed by atoms with Crippen LogP contribution in [0.1, 0.15) is 44.3 Å². The van der Waals surface area contributed by atoms with Gasteiger partial charge in [-0.3, -0.25) is 5.10 Å². The van der Waals surface area contributed by atoms with Crippen molar-refractivity contribution in [1.29, 1.82) is 0 Å². The van der Waals surface area contributed by atoms with Gasteiger partial charge in [-0.2, -0.15) is 5.10 Å². The van der Waals surface area contributed by atoms with Crippen molar-refractivity contribution in [3.8, 4) is 0 Å². The number of H-pyrrole nitrogens is 1. The number of nitrogens with zero attached hydrogens (tertiary/aromatic N) is 2. The molecule has 0 fully saturated rings. The number of aryl methyl sites for hydroxylation is 1. The summed E-state index contributed by atoms with van der Waals surface area (Å²) in [5.41, 5.74) is 1.93. The lowest BCUT2D eigenvalue weighted by molar-refractivity contribution is 0.206. The standard InChI is InChI=1S/C17H26N4O2/c1-17(2,3)15-11-13(19-20-15)12-21(4)16(22)18-9-5-7-14-8-6-10-23-14/h6,8,10-11H,5,7,9,12H2,1-4H3,(H,18,22)(H,19,20). The molecule has 0 aromatic carbocycles. The Balaban J connectivity index is 1.73. The van der Waals surface area contributed by atoms with Crippen LogP contribution in [0.5, 0.6) is 0 Å². The Morgan fingerprint density at radius 1 is 1.43 bits per heavy atom. The molecule has 0 bridgehead atoms. The molecule has 0 unspecified atom stereocenters. The number of furan rings is 1. The van der Waals surface area contributed by atoms with Crippen LogP contribution in [-0.2, 0) is 18.4 Å². The fraction of sp³-hybridized carbons (Fsp3) is 0.529. The highest BCUT2D eigenvalue weighted by Crippen LogP contribution is 2.20. The molecular formula is C17H26N4O2. The molecule has 2 aromatic heterocycles. The Labute approximate surface area is 137 Å². The van der Waals surface area contributed by atoms with Crippen molar-refractivity contribution in [2.24, 2.45) is 0 Å². The van der Waals surface area contributed by atoms with E-state index in [9.17, 15) is 4.79 Å². The SMILES string of the molecule is CN(Cc1cc(C(C)(C)C)n[nH]1)C(=O)NCCCc1ccco1. The molecule has 6 heteroatoms. The minimum absolute atomic E-state index is 0.00142. The Bertz CT molecular complexity index is 611. The lowest BCUT2D eigenvalue weighted by Crippen LogP contribution is -2.37. The number of carbonyl (C=O) groups excluding carboxylic acids is 1. The molecule has 0 aliphatic heterocycles. The summed E-state index contributed by atoms with van der Waals surface area (Å²) in [6.45, 7) is 7.47. The molecule has 126 valence electrons. The monoisotopic (exact) mass is 318 g/mol. The van der Waals surface area contributed by atoms with Crippen LogP contribution in [0.15, 0.2) is 28.9 Å². The molecule has 2 amide bonds. The van der Waals surface area contributed by atoms with Gasteiger partial charge in [-0.05, 0) is 24.6 Å². The number of aromatic nitrogens is 2. The van der Waals surface area contributed by atoms with E-state index >= 15 is 0 Å². The molecule has 0 radical (unpaired) electrons. The summed E-state index contributed by atoms with van der Waals surface area (Å²) in [7, 11) is 1.78. The number of amides is 2. The van der Waals surface area contributed by atoms with Crippen molar-refractivity contribution in [1.82, 2.24) is 20.4 Å². The third-order valence-electron chi connectivity index (χ3n) is 3.61. The maximum Gasteiger partial charge on any atom is 0.317 e. The lowest BCUT2D eigenvalue weighted by Gasteiger charge is -2.17. The molecule has 0 saturated carbocycles. The van der Waals surface area contributed by atoms with Crippen LogP contribution in [-0.4, -0.2) is 34.7 Å². The molecular weight excluding hydrogens is 292 g/mol. The van der Waals surface area contributed by atoms with E-state index in [1.165, 1.54) is 0 Å². The van der Waals surface area contributed by atoms with Gasteiger partial charge in [0.05, 0.1) is 24.2 Å². The lowest BCUT2D eigenvalue weighted by atomic mass is 9.92. The molecule has 2 rings (SSSR count). The summed E-state index contributed by atoms with van der Waals surface area (Å²) in [6.07, 6.45) is 3.34. The van der Waals surface area contributed by atoms with E-state index in [1.54, 1.807) is 18.2 Å². The molecule has 0 aliphatic rings. The molecule has 2 aromatic rings. The molecule has 0 spiro atoms. The Morgan fingerprint density at radius 2 is 2.22 bits per heavy atom. The largest absolute Gasteiger partial charge is 0.469 e. The van der Waals surface area contributed by atoms with Crippen LogP contribution in [0.3, 0.4) is 0 Å². The van der Waals surface area contributed by atoms with Gasteiger partial charge in [-0.25, -0.2) is 4.79 Å². The van der Waals surface area contributed by atoms with Gasteiger partial charge in [0.1, 0.15) is 5.76 Å². The van der Waals surface area contributed by atoms with Gasteiger partial charge in [0.25, 0.3) is 0 Å². The second-order valence-corrected chi connectivity index (χ2v) is 6.80. The van der Waals surface area contributed by atoms with Crippen molar-refractivity contribution >= 4 is 6.03 Å². The minimum atomic E-state index is -0.0867. The van der Waals surface area contributed by atoms with Gasteiger partial charge < -0.3 is 14.6 Å². The maximum atomic E-state index is 12.1. The quantitative estimate of drug-likeness (QED) is 0.804. The van der Waals surface area contributed by atoms with E-state index in [-0.39, 0.29) is 11.4 Å². The van der Waals surface area contributed by atoms with E-state index in [1.807, 2.05) is 18.2 Å². The highest BCUT2D eigenvalue weighted by molar-refractivity contribution is 5.73. The zero-order chi connectivity index (χ0) is 16.9. The average molecular weight is 318 g/mol. The van der Waals surface area contributed by atoms with Crippen LogP contribution in [0.4, 0.5) is 4.79 Å². The molecule has 23 heavy (non-hydrogen) atoms. The van der Waals surface area contributed by atoms with E-state index in [0.717, 1.165) is 30.0 Å². The fourth-order valence-electron chi connectivity index (χ4n) is 2.20. The maximum absolute atomic E-state index is 12.1. The predicted octanol–water partition coefficient (Wildman–Crippen LogP) is 3.07. The Hall–Kier alpha value is -2.24. The van der Waals surface area contributed by atoms with Gasteiger partial charge in [0.15, 0.2) is 0 Å². The zero-order valence-electron chi connectivity index (χ0n) is 14.3. The van der Waals surface area contributed by atoms with Crippen LogP contribution < -0.4 is 5.32 Å². The topological polar surface area (TPSA) is 74.2 Å². The minimum Gasteiger partial charge on any atom is -0.469 e. The van der Waals surface area contributed by atoms with E-state index < -0.39 is 0 Å². The van der Waals surface area contributed by atoms with Crippen molar-refractivity contribution in [2.75, 3.05) is 13.6 Å². The van der Waals surface area contributed by atoms with Crippen molar-refractivity contribution in [3.63, 3.8) is 0 Å². The number of urea groups is 1. The summed E-state index contributed by atoms with van der Waals surface area (Å²) in [6, 6.07) is 5.74. The third kappa shape index (κ3) is 5.16. The number of rotatable bonds is 6. The molecule has 0 aliphatic carbocycles. The van der Waals surface area contributed by atoms with Crippen LogP contribution >= 0.6 is 0 Å². The van der Waals surface area contributed by atoms with Crippen LogP contribution in [0, 0.1) is 0 Å². The van der Waals surface area contributed by atoms with Crippen LogP contribution in [0.25, 0.3) is 0 Å². The normalized spacial score (nSPS) is 11.5. The first-order valence-electron chi connectivity index (χ1n) is 7.92. The number of hydrogen-bond acceptors (Lipinski definition) is 3. The molecule has 0 atom stereocenters. The number of aromatic amines is 1. The van der Waals surface area contributed by atoms with Crippen molar-refractivity contribution < 1.29 is 9.21 Å². The van der Waals surface area contributed by atoms with Gasteiger partial charge >= 0.3 is 6.03 Å². The van der Waals surface area contributed by atoms with E-state index in [2.05, 4.69) is 36.3 Å². The second kappa shape index (κ2) is 7.35. The molecule has 2 N–H and O–H groups in total. The van der Waals surface area contributed by atoms with Crippen molar-refractivity contribution in [3.05, 3.63) is 41.6 Å². The van der Waals surface area contributed by atoms with E-state index in [0.29, 0.717) is 13.1 Å². The number of hydrogen-bond donors (Lipinski definition) is 2. The average Bonchev–Trinajstić information content (AvgIpc) is 3.13. The first kappa shape index (κ1) is 17.1. The molecule has 6 nitrogen and oxygen atoms in total. The fourth-order valence-corrected chi connectivity index (χ4v) is 2.20. The summed E-state index contributed by atoms with van der Waals surface area (Å²) >= 11 is 0. The highest BCUT2D eigenvalue weighted by Gasteiger charge is 2.18. The van der Waals surface area contributed by atoms with E-state index in [4.69, 9.17) is 4.42 Å². The number of nitrogens with one attached hydrogen (secondary N) is 2. The number of carbonyl (C=O) groups is 1. The molecule has 0 saturated heterocycles. The third-order valence-corrected chi connectivity index (χ3v) is 3.61. The first-order valence-corrected chi connectivity index (χ1v) is 7.92. The summed E-state index contributed by atoms with van der Waals surface area (Å²) in [5.74, 6) is 0.944. The van der Waals surface area contributed by atoms with Crippen molar-refractivity contribution in [2.45, 2.75) is 45.6 Å². The summed E-state index contributed by atoms with van der Waals surface area (Å²) in [4.78, 5) is 13.7. The van der Waals surface area contributed by atoms with Gasteiger partial charge in [-0.15, -0.1) is 0 Å².